The number of carbonyl (C=O) groups excluding carboxylic acids is 1. The molecule has 0 unspecified atom stereocenters. The predicted octanol–water partition coefficient (Wildman–Crippen LogP) is 4.67. The molecule has 2 rings (SSSR count). The van der Waals surface area contributed by atoms with Gasteiger partial charge in [0.25, 0.3) is 5.91 Å². The summed E-state index contributed by atoms with van der Waals surface area (Å²) in [6.07, 6.45) is 0. The van der Waals surface area contributed by atoms with Crippen LogP contribution < -0.4 is 10.1 Å². The van der Waals surface area contributed by atoms with Crippen LogP contribution in [0.5, 0.6) is 5.75 Å². The molecule has 0 atom stereocenters. The summed E-state index contributed by atoms with van der Waals surface area (Å²) in [7, 11) is 0. The minimum Gasteiger partial charge on any atom is -0.433 e. The number of carbonyl (C=O) groups is 1. The van der Waals surface area contributed by atoms with Gasteiger partial charge in [-0.1, -0.05) is 12.1 Å². The number of anilines is 1. The number of hydrogen-bond acceptors (Lipinski definition) is 3. The van der Waals surface area contributed by atoms with Crippen molar-refractivity contribution in [1.29, 1.82) is 0 Å². The van der Waals surface area contributed by atoms with E-state index in [0.717, 1.165) is 9.35 Å². The number of rotatable bonds is 4. The van der Waals surface area contributed by atoms with Crippen LogP contribution in [0.4, 0.5) is 14.5 Å². The Balaban J connectivity index is 2.19. The molecule has 0 aliphatic carbocycles. The number of aryl methyl sites for hydroxylation is 1. The number of hydrogen-bond donors (Lipinski definition) is 1. The quantitative estimate of drug-likeness (QED) is 0.858. The maximum absolute atomic E-state index is 12.3. The molecule has 1 heterocycles. The lowest BCUT2D eigenvalue weighted by atomic mass is 10.2. The number of ether oxygens (including phenoxy) is 1. The van der Waals surface area contributed by atoms with E-state index in [-0.39, 0.29) is 17.3 Å². The Hall–Kier alpha value is -1.47. The Morgan fingerprint density at radius 2 is 2.10 bits per heavy atom. The maximum Gasteiger partial charge on any atom is 0.387 e. The topological polar surface area (TPSA) is 38.3 Å². The average Bonchev–Trinajstić information content (AvgIpc) is 2.71. The van der Waals surface area contributed by atoms with Gasteiger partial charge in [0.05, 0.1) is 14.4 Å². The maximum atomic E-state index is 12.3. The van der Waals surface area contributed by atoms with Gasteiger partial charge in [0.15, 0.2) is 0 Å². The lowest BCUT2D eigenvalue weighted by molar-refractivity contribution is -0.0493. The van der Waals surface area contributed by atoms with Gasteiger partial charge in [-0.2, -0.15) is 8.78 Å². The molecular weight excluding hydrogens is 352 g/mol. The molecule has 20 heavy (non-hydrogen) atoms. The van der Waals surface area contributed by atoms with Gasteiger partial charge in [-0.3, -0.25) is 4.79 Å². The Labute approximate surface area is 126 Å². The molecule has 0 bridgehead atoms. The van der Waals surface area contributed by atoms with Crippen LogP contribution in [0.25, 0.3) is 0 Å². The monoisotopic (exact) mass is 361 g/mol. The SMILES string of the molecule is Cc1cc(C(=O)Nc2ccccc2OC(F)F)sc1Br. The van der Waals surface area contributed by atoms with Gasteiger partial charge in [-0.05, 0) is 46.6 Å². The first kappa shape index (κ1) is 14.9. The highest BCUT2D eigenvalue weighted by Gasteiger charge is 2.15. The summed E-state index contributed by atoms with van der Waals surface area (Å²) in [6.45, 7) is -1.07. The fraction of sp³-hybridized carbons (Fsp3) is 0.154. The Kier molecular flexibility index (Phi) is 4.72. The van der Waals surface area contributed by atoms with Crippen molar-refractivity contribution in [2.75, 3.05) is 5.32 Å². The summed E-state index contributed by atoms with van der Waals surface area (Å²) in [5.74, 6) is -0.433. The third kappa shape index (κ3) is 3.55. The zero-order valence-electron chi connectivity index (χ0n) is 10.3. The van der Waals surface area contributed by atoms with E-state index in [4.69, 9.17) is 0 Å². The molecule has 1 amide bonds. The van der Waals surface area contributed by atoms with Crippen molar-refractivity contribution in [2.45, 2.75) is 13.5 Å². The van der Waals surface area contributed by atoms with Crippen LogP contribution in [-0.4, -0.2) is 12.5 Å². The van der Waals surface area contributed by atoms with E-state index in [1.807, 2.05) is 6.92 Å². The third-order valence-electron chi connectivity index (χ3n) is 2.43. The Morgan fingerprint density at radius 3 is 2.70 bits per heavy atom. The van der Waals surface area contributed by atoms with Gasteiger partial charge in [0.1, 0.15) is 5.75 Å². The number of benzene rings is 1. The molecule has 1 aromatic heterocycles. The van der Waals surface area contributed by atoms with Crippen molar-refractivity contribution in [2.24, 2.45) is 0 Å². The van der Waals surface area contributed by atoms with E-state index in [1.165, 1.54) is 23.5 Å². The molecule has 0 fully saturated rings. The molecule has 7 heteroatoms. The van der Waals surface area contributed by atoms with Crippen LogP contribution in [0.1, 0.15) is 15.2 Å². The molecule has 0 saturated heterocycles. The molecule has 0 saturated carbocycles. The minimum absolute atomic E-state index is 0.0665. The number of para-hydroxylation sites is 2. The van der Waals surface area contributed by atoms with Gasteiger partial charge < -0.3 is 10.1 Å². The normalized spacial score (nSPS) is 10.7. The van der Waals surface area contributed by atoms with Gasteiger partial charge in [-0.25, -0.2) is 0 Å². The lowest BCUT2D eigenvalue weighted by Crippen LogP contribution is -2.12. The van der Waals surface area contributed by atoms with Crippen molar-refractivity contribution in [1.82, 2.24) is 0 Å². The van der Waals surface area contributed by atoms with Crippen molar-refractivity contribution in [3.05, 3.63) is 44.6 Å². The van der Waals surface area contributed by atoms with Crippen LogP contribution in [-0.2, 0) is 0 Å². The van der Waals surface area contributed by atoms with Gasteiger partial charge >= 0.3 is 6.61 Å². The van der Waals surface area contributed by atoms with Crippen molar-refractivity contribution >= 4 is 38.9 Å². The van der Waals surface area contributed by atoms with Crippen LogP contribution in [0.15, 0.2) is 34.1 Å². The molecule has 0 aliphatic rings. The first-order chi connectivity index (χ1) is 9.47. The zero-order valence-corrected chi connectivity index (χ0v) is 12.7. The summed E-state index contributed by atoms with van der Waals surface area (Å²) in [4.78, 5) is 12.5. The highest BCUT2D eigenvalue weighted by atomic mass is 79.9. The standard InChI is InChI=1S/C13H10BrF2NO2S/c1-7-6-10(20-11(7)14)12(18)17-8-4-2-3-5-9(8)19-13(15)16/h2-6,13H,1H3,(H,17,18). The molecule has 0 aliphatic heterocycles. The number of halogens is 3. The summed E-state index contributed by atoms with van der Waals surface area (Å²) < 4.78 is 29.8. The summed E-state index contributed by atoms with van der Waals surface area (Å²) in [6, 6.07) is 7.78. The number of nitrogens with one attached hydrogen (secondary N) is 1. The number of amides is 1. The van der Waals surface area contributed by atoms with E-state index in [9.17, 15) is 13.6 Å². The van der Waals surface area contributed by atoms with Crippen molar-refractivity contribution < 1.29 is 18.3 Å². The number of thiophene rings is 1. The van der Waals surface area contributed by atoms with Crippen LogP contribution >= 0.6 is 27.3 Å². The molecule has 3 nitrogen and oxygen atoms in total. The highest BCUT2D eigenvalue weighted by Crippen LogP contribution is 2.30. The zero-order chi connectivity index (χ0) is 14.7. The van der Waals surface area contributed by atoms with Crippen LogP contribution in [0.2, 0.25) is 0 Å². The van der Waals surface area contributed by atoms with Crippen LogP contribution in [0, 0.1) is 6.92 Å². The third-order valence-corrected chi connectivity index (χ3v) is 4.57. The van der Waals surface area contributed by atoms with Gasteiger partial charge in [0, 0.05) is 0 Å². The van der Waals surface area contributed by atoms with E-state index in [2.05, 4.69) is 26.0 Å². The highest BCUT2D eigenvalue weighted by molar-refractivity contribution is 9.11. The second-order valence-corrected chi connectivity index (χ2v) is 6.27. The molecule has 2 aromatic rings. The smallest absolute Gasteiger partial charge is 0.387 e. The minimum atomic E-state index is -2.94. The number of alkyl halides is 2. The predicted molar refractivity (Wildman–Crippen MR) is 77.8 cm³/mol. The first-order valence-electron chi connectivity index (χ1n) is 5.58. The lowest BCUT2D eigenvalue weighted by Gasteiger charge is -2.10. The molecule has 1 N–H and O–H groups in total. The first-order valence-corrected chi connectivity index (χ1v) is 7.19. The van der Waals surface area contributed by atoms with E-state index < -0.39 is 6.61 Å². The molecule has 0 spiro atoms. The van der Waals surface area contributed by atoms with E-state index in [0.29, 0.717) is 4.88 Å². The van der Waals surface area contributed by atoms with E-state index in [1.54, 1.807) is 18.2 Å². The summed E-state index contributed by atoms with van der Waals surface area (Å²) in [5.41, 5.74) is 1.15. The Bertz CT molecular complexity index is 611. The van der Waals surface area contributed by atoms with Gasteiger partial charge in [0.2, 0.25) is 0 Å². The van der Waals surface area contributed by atoms with Crippen molar-refractivity contribution in [3.63, 3.8) is 0 Å². The van der Waals surface area contributed by atoms with Crippen LogP contribution in [0.3, 0.4) is 0 Å². The average molecular weight is 362 g/mol. The second kappa shape index (κ2) is 6.32. The Morgan fingerprint density at radius 1 is 1.40 bits per heavy atom. The molecule has 1 aromatic carbocycles. The van der Waals surface area contributed by atoms with Crippen molar-refractivity contribution in [3.8, 4) is 5.75 Å². The molecule has 0 radical (unpaired) electrons. The molecular formula is C13H10BrF2NO2S. The molecule has 106 valence electrons. The summed E-state index contributed by atoms with van der Waals surface area (Å²) in [5, 5.41) is 2.57. The fourth-order valence-corrected chi connectivity index (χ4v) is 2.95. The summed E-state index contributed by atoms with van der Waals surface area (Å²) >= 11 is 4.61. The fourth-order valence-electron chi connectivity index (χ4n) is 1.52. The largest absolute Gasteiger partial charge is 0.433 e. The van der Waals surface area contributed by atoms with Gasteiger partial charge in [-0.15, -0.1) is 11.3 Å². The second-order valence-electron chi connectivity index (χ2n) is 3.90. The van der Waals surface area contributed by atoms with E-state index >= 15 is 0 Å².